The molecule has 1 aliphatic heterocycles. The van der Waals surface area contributed by atoms with Crippen LogP contribution >= 0.6 is 12.4 Å². The summed E-state index contributed by atoms with van der Waals surface area (Å²) >= 11 is 0. The molecule has 1 amide bonds. The van der Waals surface area contributed by atoms with Crippen molar-refractivity contribution in [2.24, 2.45) is 5.92 Å². The van der Waals surface area contributed by atoms with Gasteiger partial charge in [0, 0.05) is 13.0 Å². The molecule has 1 heterocycles. The quantitative estimate of drug-likeness (QED) is 0.848. The normalized spacial score (nSPS) is 17.9. The first-order chi connectivity index (χ1) is 9.75. The van der Waals surface area contributed by atoms with Crippen LogP contribution in [0.15, 0.2) is 24.3 Å². The van der Waals surface area contributed by atoms with E-state index < -0.39 is 0 Å². The fourth-order valence-corrected chi connectivity index (χ4v) is 2.81. The summed E-state index contributed by atoms with van der Waals surface area (Å²) in [6.07, 6.45) is 5.10. The summed E-state index contributed by atoms with van der Waals surface area (Å²) in [6, 6.07) is 8.28. The highest BCUT2D eigenvalue weighted by atomic mass is 35.5. The van der Waals surface area contributed by atoms with Crippen LogP contribution in [0.1, 0.15) is 36.8 Å². The molecule has 0 bridgehead atoms. The molecule has 0 spiro atoms. The second-order valence-electron chi connectivity index (χ2n) is 5.78. The first-order valence-electron chi connectivity index (χ1n) is 7.77. The van der Waals surface area contributed by atoms with Crippen LogP contribution in [0, 0.1) is 12.8 Å². The van der Waals surface area contributed by atoms with Gasteiger partial charge < -0.3 is 10.6 Å². The maximum Gasteiger partial charge on any atom is 0.220 e. The minimum atomic E-state index is 0. The summed E-state index contributed by atoms with van der Waals surface area (Å²) in [6.45, 7) is 5.18. The predicted molar refractivity (Wildman–Crippen MR) is 90.0 cm³/mol. The van der Waals surface area contributed by atoms with E-state index in [-0.39, 0.29) is 18.3 Å². The van der Waals surface area contributed by atoms with Crippen LogP contribution in [-0.4, -0.2) is 25.5 Å². The molecule has 118 valence electrons. The summed E-state index contributed by atoms with van der Waals surface area (Å²) in [4.78, 5) is 11.8. The number of carbonyl (C=O) groups excluding carboxylic acids is 1. The first kappa shape index (κ1) is 18.0. The van der Waals surface area contributed by atoms with Crippen molar-refractivity contribution in [1.82, 2.24) is 10.6 Å². The van der Waals surface area contributed by atoms with Crippen LogP contribution in [0.3, 0.4) is 0 Å². The van der Waals surface area contributed by atoms with Crippen molar-refractivity contribution in [1.29, 1.82) is 0 Å². The Kier molecular flexibility index (Phi) is 8.40. The minimum Gasteiger partial charge on any atom is -0.356 e. The van der Waals surface area contributed by atoms with Gasteiger partial charge in [-0.15, -0.1) is 12.4 Å². The Morgan fingerprint density at radius 1 is 1.38 bits per heavy atom. The molecule has 4 heteroatoms. The van der Waals surface area contributed by atoms with E-state index in [1.165, 1.54) is 24.0 Å². The number of hydrogen-bond donors (Lipinski definition) is 2. The fraction of sp³-hybridized carbons (Fsp3) is 0.588. The average molecular weight is 311 g/mol. The molecule has 1 fully saturated rings. The van der Waals surface area contributed by atoms with E-state index >= 15 is 0 Å². The lowest BCUT2D eigenvalue weighted by Gasteiger charge is -2.22. The molecule has 0 aromatic heterocycles. The zero-order valence-electron chi connectivity index (χ0n) is 12.9. The van der Waals surface area contributed by atoms with Gasteiger partial charge in [-0.1, -0.05) is 24.3 Å². The van der Waals surface area contributed by atoms with E-state index in [1.807, 2.05) is 12.1 Å². The van der Waals surface area contributed by atoms with Gasteiger partial charge in [-0.05, 0) is 62.7 Å². The smallest absolute Gasteiger partial charge is 0.220 e. The van der Waals surface area contributed by atoms with Crippen LogP contribution in [-0.2, 0) is 11.2 Å². The van der Waals surface area contributed by atoms with Crippen LogP contribution < -0.4 is 10.6 Å². The van der Waals surface area contributed by atoms with Gasteiger partial charge in [0.25, 0.3) is 0 Å². The molecular formula is C17H27ClN2O. The highest BCUT2D eigenvalue weighted by Gasteiger charge is 2.12. The van der Waals surface area contributed by atoms with E-state index in [9.17, 15) is 4.79 Å². The number of amides is 1. The molecule has 0 saturated carbocycles. The number of nitrogens with one attached hydrogen (secondary N) is 2. The maximum absolute atomic E-state index is 11.8. The highest BCUT2D eigenvalue weighted by molar-refractivity contribution is 5.85. The van der Waals surface area contributed by atoms with Crippen molar-refractivity contribution in [3.63, 3.8) is 0 Å². The maximum atomic E-state index is 11.8. The van der Waals surface area contributed by atoms with Crippen molar-refractivity contribution in [3.05, 3.63) is 35.4 Å². The van der Waals surface area contributed by atoms with Crippen LogP contribution in [0.5, 0.6) is 0 Å². The number of carbonyl (C=O) groups is 1. The monoisotopic (exact) mass is 310 g/mol. The molecule has 2 rings (SSSR count). The molecule has 0 radical (unpaired) electrons. The van der Waals surface area contributed by atoms with Crippen molar-refractivity contribution in [2.45, 2.75) is 39.0 Å². The summed E-state index contributed by atoms with van der Waals surface area (Å²) in [7, 11) is 0. The molecular weight excluding hydrogens is 284 g/mol. The number of aryl methyl sites for hydroxylation is 2. The van der Waals surface area contributed by atoms with Gasteiger partial charge in [0.1, 0.15) is 0 Å². The molecule has 0 aliphatic carbocycles. The summed E-state index contributed by atoms with van der Waals surface area (Å²) in [5, 5.41) is 6.47. The molecule has 1 aromatic rings. The second kappa shape index (κ2) is 9.80. The third kappa shape index (κ3) is 6.49. The highest BCUT2D eigenvalue weighted by Crippen LogP contribution is 2.13. The lowest BCUT2D eigenvalue weighted by atomic mass is 9.96. The minimum absolute atomic E-state index is 0. The SMILES string of the molecule is Cc1ccccc1CCC(=O)NCCC1CCCNC1.Cl. The molecule has 1 atom stereocenters. The zero-order valence-corrected chi connectivity index (χ0v) is 13.7. The second-order valence-corrected chi connectivity index (χ2v) is 5.78. The standard InChI is InChI=1S/C17H26N2O.ClH/c1-14-5-2-3-7-16(14)8-9-17(20)19-12-10-15-6-4-11-18-13-15;/h2-3,5,7,15,18H,4,6,8-13H2,1H3,(H,19,20);1H. The Morgan fingerprint density at radius 2 is 2.19 bits per heavy atom. The number of rotatable bonds is 6. The van der Waals surface area contributed by atoms with E-state index in [2.05, 4.69) is 29.7 Å². The van der Waals surface area contributed by atoms with E-state index in [0.29, 0.717) is 6.42 Å². The average Bonchev–Trinajstić information content (AvgIpc) is 2.47. The van der Waals surface area contributed by atoms with Gasteiger partial charge in [0.15, 0.2) is 0 Å². The van der Waals surface area contributed by atoms with Crippen molar-refractivity contribution < 1.29 is 4.79 Å². The molecule has 1 saturated heterocycles. The number of hydrogen-bond acceptors (Lipinski definition) is 2. The first-order valence-corrected chi connectivity index (χ1v) is 7.77. The van der Waals surface area contributed by atoms with Crippen molar-refractivity contribution in [3.8, 4) is 0 Å². The third-order valence-corrected chi connectivity index (χ3v) is 4.16. The van der Waals surface area contributed by atoms with Gasteiger partial charge in [-0.3, -0.25) is 4.79 Å². The Labute approximate surface area is 134 Å². The van der Waals surface area contributed by atoms with E-state index in [1.54, 1.807) is 0 Å². The lowest BCUT2D eigenvalue weighted by Crippen LogP contribution is -2.33. The van der Waals surface area contributed by atoms with Crippen LogP contribution in [0.4, 0.5) is 0 Å². The number of benzene rings is 1. The Bertz CT molecular complexity index is 431. The lowest BCUT2D eigenvalue weighted by molar-refractivity contribution is -0.121. The van der Waals surface area contributed by atoms with E-state index in [0.717, 1.165) is 38.4 Å². The van der Waals surface area contributed by atoms with Gasteiger partial charge >= 0.3 is 0 Å². The zero-order chi connectivity index (χ0) is 14.2. The van der Waals surface area contributed by atoms with Gasteiger partial charge in [-0.25, -0.2) is 0 Å². The fourth-order valence-electron chi connectivity index (χ4n) is 2.81. The Hall–Kier alpha value is -1.06. The third-order valence-electron chi connectivity index (χ3n) is 4.16. The summed E-state index contributed by atoms with van der Waals surface area (Å²) in [5.74, 6) is 0.914. The van der Waals surface area contributed by atoms with Gasteiger partial charge in [0.05, 0.1) is 0 Å². The van der Waals surface area contributed by atoms with Crippen LogP contribution in [0.2, 0.25) is 0 Å². The van der Waals surface area contributed by atoms with Crippen LogP contribution in [0.25, 0.3) is 0 Å². The van der Waals surface area contributed by atoms with Gasteiger partial charge in [0.2, 0.25) is 5.91 Å². The number of piperidine rings is 1. The molecule has 3 nitrogen and oxygen atoms in total. The molecule has 21 heavy (non-hydrogen) atoms. The summed E-state index contributed by atoms with van der Waals surface area (Å²) in [5.41, 5.74) is 2.55. The molecule has 1 aromatic carbocycles. The molecule has 1 unspecified atom stereocenters. The van der Waals surface area contributed by atoms with Gasteiger partial charge in [-0.2, -0.15) is 0 Å². The topological polar surface area (TPSA) is 41.1 Å². The van der Waals surface area contributed by atoms with Crippen molar-refractivity contribution in [2.75, 3.05) is 19.6 Å². The van der Waals surface area contributed by atoms with Crippen molar-refractivity contribution >= 4 is 18.3 Å². The molecule has 2 N–H and O–H groups in total. The Balaban J connectivity index is 0.00000220. The number of halogens is 1. The van der Waals surface area contributed by atoms with E-state index in [4.69, 9.17) is 0 Å². The summed E-state index contributed by atoms with van der Waals surface area (Å²) < 4.78 is 0. The largest absolute Gasteiger partial charge is 0.356 e. The molecule has 1 aliphatic rings. The Morgan fingerprint density at radius 3 is 2.90 bits per heavy atom. The predicted octanol–water partition coefficient (Wildman–Crippen LogP) is 2.86.